The molecule has 0 radical (unpaired) electrons. The molecule has 6 nitrogen and oxygen atoms in total. The zero-order valence-corrected chi connectivity index (χ0v) is 13.3. The van der Waals surface area contributed by atoms with E-state index in [9.17, 15) is 20.0 Å². The van der Waals surface area contributed by atoms with Crippen LogP contribution in [-0.2, 0) is 0 Å². The van der Waals surface area contributed by atoms with Gasteiger partial charge in [0.15, 0.2) is 0 Å². The fourth-order valence-corrected chi connectivity index (χ4v) is 2.65. The Morgan fingerprint density at radius 1 is 1.33 bits per heavy atom. The quantitative estimate of drug-likeness (QED) is 0.450. The number of nitro benzene ring substituents is 1. The minimum atomic E-state index is -0.752. The molecular formula is C13H8ClIN2O4. The zero-order chi connectivity index (χ0) is 15.6. The molecule has 0 atom stereocenters. The first kappa shape index (κ1) is 15.5. The number of halogens is 2. The fourth-order valence-electron chi connectivity index (χ4n) is 1.64. The Kier molecular flexibility index (Phi) is 4.63. The lowest BCUT2D eigenvalue weighted by Crippen LogP contribution is -2.13. The molecule has 2 N–H and O–H groups in total. The number of nitrogens with one attached hydrogen (secondary N) is 1. The Bertz CT molecular complexity index is 736. The highest BCUT2D eigenvalue weighted by Gasteiger charge is 2.21. The number of anilines is 1. The monoisotopic (exact) mass is 418 g/mol. The summed E-state index contributed by atoms with van der Waals surface area (Å²) in [5.74, 6) is -1.31. The van der Waals surface area contributed by atoms with Gasteiger partial charge in [0.05, 0.1) is 16.2 Å². The summed E-state index contributed by atoms with van der Waals surface area (Å²) in [4.78, 5) is 22.1. The van der Waals surface area contributed by atoms with Crippen LogP contribution in [0.4, 0.5) is 11.4 Å². The summed E-state index contributed by atoms with van der Waals surface area (Å²) in [6, 6.07) is 8.63. The van der Waals surface area contributed by atoms with Crippen molar-refractivity contribution in [1.29, 1.82) is 0 Å². The van der Waals surface area contributed by atoms with E-state index >= 15 is 0 Å². The number of para-hydroxylation sites is 1. The number of nitrogens with zero attached hydrogens (tertiary/aromatic N) is 1. The van der Waals surface area contributed by atoms with Crippen LogP contribution in [0.15, 0.2) is 36.4 Å². The van der Waals surface area contributed by atoms with Crippen LogP contribution in [0.2, 0.25) is 5.02 Å². The molecule has 0 saturated heterocycles. The van der Waals surface area contributed by atoms with Crippen molar-refractivity contribution >= 4 is 51.5 Å². The van der Waals surface area contributed by atoms with Gasteiger partial charge in [-0.1, -0.05) is 17.7 Å². The molecule has 0 aliphatic rings. The summed E-state index contributed by atoms with van der Waals surface area (Å²) >= 11 is 7.81. The molecule has 0 fully saturated rings. The molecule has 0 aliphatic carbocycles. The molecule has 0 bridgehead atoms. The van der Waals surface area contributed by atoms with Gasteiger partial charge in [-0.2, -0.15) is 0 Å². The number of phenolic OH excluding ortho intramolecular Hbond substituents is 1. The molecule has 0 saturated carbocycles. The van der Waals surface area contributed by atoms with Crippen molar-refractivity contribution < 1.29 is 14.8 Å². The topological polar surface area (TPSA) is 92.5 Å². The number of aromatic hydroxyl groups is 1. The number of phenols is 1. The smallest absolute Gasteiger partial charge is 0.311 e. The van der Waals surface area contributed by atoms with Crippen molar-refractivity contribution in [2.24, 2.45) is 0 Å². The number of rotatable bonds is 3. The minimum Gasteiger partial charge on any atom is -0.502 e. The Morgan fingerprint density at radius 2 is 2.05 bits per heavy atom. The molecule has 2 aromatic carbocycles. The Labute approximate surface area is 138 Å². The van der Waals surface area contributed by atoms with Gasteiger partial charge in [-0.3, -0.25) is 14.9 Å². The fraction of sp³-hybridized carbons (Fsp3) is 0. The number of amides is 1. The standard InChI is InChI=1S/C13H8ClIN2O4/c14-7-4-5-10(9(15)6-7)16-13(19)8-2-1-3-11(12(8)18)17(20)21/h1-6,18H,(H,16,19). The number of hydrogen-bond donors (Lipinski definition) is 2. The first-order valence-corrected chi connectivity index (χ1v) is 7.08. The van der Waals surface area contributed by atoms with Crippen molar-refractivity contribution in [2.45, 2.75) is 0 Å². The van der Waals surface area contributed by atoms with Gasteiger partial charge in [0, 0.05) is 14.7 Å². The van der Waals surface area contributed by atoms with Crippen LogP contribution < -0.4 is 5.32 Å². The second kappa shape index (κ2) is 6.27. The number of hydrogen-bond acceptors (Lipinski definition) is 4. The van der Waals surface area contributed by atoms with Gasteiger partial charge >= 0.3 is 5.69 Å². The molecule has 2 aromatic rings. The summed E-state index contributed by atoms with van der Waals surface area (Å²) < 4.78 is 0.707. The van der Waals surface area contributed by atoms with Crippen molar-refractivity contribution in [3.05, 3.63) is 60.7 Å². The molecule has 0 aromatic heterocycles. The van der Waals surface area contributed by atoms with Crippen molar-refractivity contribution in [1.82, 2.24) is 0 Å². The third kappa shape index (κ3) is 3.42. The van der Waals surface area contributed by atoms with E-state index in [1.807, 2.05) is 22.6 Å². The van der Waals surface area contributed by atoms with E-state index in [1.165, 1.54) is 12.1 Å². The van der Waals surface area contributed by atoms with E-state index < -0.39 is 22.3 Å². The molecule has 1 amide bonds. The lowest BCUT2D eigenvalue weighted by Gasteiger charge is -2.09. The largest absolute Gasteiger partial charge is 0.502 e. The third-order valence-corrected chi connectivity index (χ3v) is 3.76. The summed E-state index contributed by atoms with van der Waals surface area (Å²) in [6.07, 6.45) is 0. The van der Waals surface area contributed by atoms with Crippen molar-refractivity contribution in [3.8, 4) is 5.75 Å². The van der Waals surface area contributed by atoms with E-state index in [0.717, 1.165) is 6.07 Å². The van der Waals surface area contributed by atoms with Gasteiger partial charge in [-0.15, -0.1) is 0 Å². The molecule has 0 unspecified atom stereocenters. The van der Waals surface area contributed by atoms with Crippen LogP contribution >= 0.6 is 34.2 Å². The first-order valence-electron chi connectivity index (χ1n) is 5.63. The summed E-state index contributed by atoms with van der Waals surface area (Å²) in [5.41, 5.74) is -0.195. The summed E-state index contributed by atoms with van der Waals surface area (Å²) in [7, 11) is 0. The van der Waals surface area contributed by atoms with Crippen LogP contribution in [-0.4, -0.2) is 15.9 Å². The van der Waals surface area contributed by atoms with Crippen LogP contribution in [0.25, 0.3) is 0 Å². The molecule has 0 aliphatic heterocycles. The maximum absolute atomic E-state index is 12.1. The number of carbonyl (C=O) groups is 1. The molecule has 2 rings (SSSR count). The molecule has 21 heavy (non-hydrogen) atoms. The predicted molar refractivity (Wildman–Crippen MR) is 86.9 cm³/mol. The highest BCUT2D eigenvalue weighted by Crippen LogP contribution is 2.30. The highest BCUT2D eigenvalue weighted by atomic mass is 127. The molecule has 0 spiro atoms. The van der Waals surface area contributed by atoms with E-state index in [1.54, 1.807) is 18.2 Å². The lowest BCUT2D eigenvalue weighted by atomic mass is 10.1. The van der Waals surface area contributed by atoms with Crippen molar-refractivity contribution in [3.63, 3.8) is 0 Å². The number of benzene rings is 2. The zero-order valence-electron chi connectivity index (χ0n) is 10.3. The van der Waals surface area contributed by atoms with Gasteiger partial charge < -0.3 is 10.4 Å². The van der Waals surface area contributed by atoms with Gasteiger partial charge in [0.25, 0.3) is 5.91 Å². The number of carbonyl (C=O) groups excluding carboxylic acids is 1. The molecule has 8 heteroatoms. The minimum absolute atomic E-state index is 0.171. The molecule has 108 valence electrons. The van der Waals surface area contributed by atoms with E-state index in [0.29, 0.717) is 14.3 Å². The van der Waals surface area contributed by atoms with Gasteiger partial charge in [0.1, 0.15) is 0 Å². The van der Waals surface area contributed by atoms with Crippen LogP contribution in [0.3, 0.4) is 0 Å². The van der Waals surface area contributed by atoms with Crippen molar-refractivity contribution in [2.75, 3.05) is 5.32 Å². The highest BCUT2D eigenvalue weighted by molar-refractivity contribution is 14.1. The SMILES string of the molecule is O=C(Nc1ccc(Cl)cc1I)c1cccc([N+](=O)[O-])c1O. The maximum Gasteiger partial charge on any atom is 0.311 e. The van der Waals surface area contributed by atoms with Gasteiger partial charge in [-0.25, -0.2) is 0 Å². The molecule has 0 heterocycles. The van der Waals surface area contributed by atoms with E-state index in [-0.39, 0.29) is 5.56 Å². The number of nitro groups is 1. The third-order valence-electron chi connectivity index (χ3n) is 2.64. The van der Waals surface area contributed by atoms with Gasteiger partial charge in [-0.05, 0) is 46.9 Å². The Balaban J connectivity index is 2.33. The average Bonchev–Trinajstić information content (AvgIpc) is 2.41. The van der Waals surface area contributed by atoms with Crippen LogP contribution in [0.1, 0.15) is 10.4 Å². The Morgan fingerprint density at radius 3 is 2.67 bits per heavy atom. The molecular weight excluding hydrogens is 411 g/mol. The maximum atomic E-state index is 12.1. The second-order valence-corrected chi connectivity index (χ2v) is 5.61. The average molecular weight is 419 g/mol. The van der Waals surface area contributed by atoms with E-state index in [2.05, 4.69) is 5.32 Å². The second-order valence-electron chi connectivity index (χ2n) is 4.01. The summed E-state index contributed by atoms with van der Waals surface area (Å²) in [5, 5.41) is 23.6. The first-order chi connectivity index (χ1) is 9.90. The van der Waals surface area contributed by atoms with Crippen LogP contribution in [0.5, 0.6) is 5.75 Å². The van der Waals surface area contributed by atoms with Crippen LogP contribution in [0, 0.1) is 13.7 Å². The van der Waals surface area contributed by atoms with E-state index in [4.69, 9.17) is 11.6 Å². The van der Waals surface area contributed by atoms with Gasteiger partial charge in [0.2, 0.25) is 5.75 Å². The summed E-state index contributed by atoms with van der Waals surface area (Å²) in [6.45, 7) is 0. The normalized spacial score (nSPS) is 10.2. The predicted octanol–water partition coefficient (Wildman–Crippen LogP) is 3.81. The lowest BCUT2D eigenvalue weighted by molar-refractivity contribution is -0.385. The Hall–Kier alpha value is -1.87.